The van der Waals surface area contributed by atoms with Crippen molar-refractivity contribution in [1.29, 1.82) is 0 Å². The number of nitrogens with zero attached hydrogens (tertiary/aromatic N) is 3. The van der Waals surface area contributed by atoms with E-state index in [1.165, 1.54) is 5.56 Å². The monoisotopic (exact) mass is 332 g/mol. The molecule has 25 heavy (non-hydrogen) atoms. The number of anilines is 1. The number of carbonyl (C=O) groups is 1. The highest BCUT2D eigenvalue weighted by atomic mass is 16.1. The number of carbonyl (C=O) groups excluding carboxylic acids is 1. The molecule has 0 saturated heterocycles. The lowest BCUT2D eigenvalue weighted by atomic mass is 9.87. The molecule has 0 atom stereocenters. The van der Waals surface area contributed by atoms with Gasteiger partial charge in [0.2, 0.25) is 5.95 Å². The third-order valence-electron chi connectivity index (χ3n) is 3.82. The first-order valence-corrected chi connectivity index (χ1v) is 8.10. The fourth-order valence-electron chi connectivity index (χ4n) is 2.37. The van der Waals surface area contributed by atoms with Crippen molar-refractivity contribution < 1.29 is 4.79 Å². The van der Waals surface area contributed by atoms with E-state index >= 15 is 0 Å². The summed E-state index contributed by atoms with van der Waals surface area (Å²) in [6, 6.07) is 14.9. The molecule has 0 saturated carbocycles. The Labute approximate surface area is 147 Å². The van der Waals surface area contributed by atoms with Crippen molar-refractivity contribution in [3.63, 3.8) is 0 Å². The molecular weight excluding hydrogens is 312 g/mol. The minimum atomic E-state index is -0.237. The standard InChI is InChI=1S/C20H20N4O/c1-20(2,3)15-9-7-14(8-10-15)18(25)24-19-22-13-11-17(23-19)16-6-4-5-12-21-16/h4-13H,1-3H3,(H,22,23,24,25). The minimum absolute atomic E-state index is 0.0507. The van der Waals surface area contributed by atoms with Gasteiger partial charge in [0.1, 0.15) is 0 Å². The number of aromatic nitrogens is 3. The second kappa shape index (κ2) is 6.81. The smallest absolute Gasteiger partial charge is 0.258 e. The fourth-order valence-corrected chi connectivity index (χ4v) is 2.37. The summed E-state index contributed by atoms with van der Waals surface area (Å²) in [5.41, 5.74) is 3.19. The van der Waals surface area contributed by atoms with Crippen molar-refractivity contribution in [2.75, 3.05) is 5.32 Å². The Balaban J connectivity index is 1.77. The Bertz CT molecular complexity index is 868. The summed E-state index contributed by atoms with van der Waals surface area (Å²) in [6.45, 7) is 6.41. The van der Waals surface area contributed by atoms with Gasteiger partial charge in [-0.05, 0) is 41.3 Å². The molecule has 0 spiro atoms. The largest absolute Gasteiger partial charge is 0.290 e. The number of pyridine rings is 1. The van der Waals surface area contributed by atoms with E-state index in [9.17, 15) is 4.79 Å². The number of amides is 1. The second-order valence-corrected chi connectivity index (χ2v) is 6.76. The molecule has 126 valence electrons. The van der Waals surface area contributed by atoms with E-state index in [2.05, 4.69) is 41.0 Å². The van der Waals surface area contributed by atoms with Gasteiger partial charge in [0, 0.05) is 18.0 Å². The lowest BCUT2D eigenvalue weighted by Crippen LogP contribution is -2.15. The molecule has 0 aliphatic carbocycles. The molecule has 0 unspecified atom stereocenters. The van der Waals surface area contributed by atoms with Crippen LogP contribution < -0.4 is 5.32 Å². The van der Waals surface area contributed by atoms with Crippen molar-refractivity contribution >= 4 is 11.9 Å². The van der Waals surface area contributed by atoms with Crippen LogP contribution in [0.15, 0.2) is 60.9 Å². The Morgan fingerprint density at radius 1 is 0.880 bits per heavy atom. The number of hydrogen-bond donors (Lipinski definition) is 1. The summed E-state index contributed by atoms with van der Waals surface area (Å²) >= 11 is 0. The molecule has 0 aliphatic heterocycles. The summed E-state index contributed by atoms with van der Waals surface area (Å²) in [6.07, 6.45) is 3.31. The van der Waals surface area contributed by atoms with Crippen molar-refractivity contribution in [3.05, 3.63) is 72.1 Å². The molecule has 1 aromatic carbocycles. The maximum atomic E-state index is 12.4. The van der Waals surface area contributed by atoms with Crippen molar-refractivity contribution in [2.45, 2.75) is 26.2 Å². The highest BCUT2D eigenvalue weighted by Gasteiger charge is 2.15. The highest BCUT2D eigenvalue weighted by Crippen LogP contribution is 2.22. The molecule has 3 rings (SSSR count). The lowest BCUT2D eigenvalue weighted by molar-refractivity contribution is 0.102. The van der Waals surface area contributed by atoms with Gasteiger partial charge in [-0.1, -0.05) is 39.0 Å². The van der Waals surface area contributed by atoms with Crippen molar-refractivity contribution in [3.8, 4) is 11.4 Å². The Morgan fingerprint density at radius 3 is 2.28 bits per heavy atom. The first-order valence-electron chi connectivity index (χ1n) is 8.10. The maximum Gasteiger partial charge on any atom is 0.258 e. The van der Waals surface area contributed by atoms with Crippen LogP contribution in [0.25, 0.3) is 11.4 Å². The predicted molar refractivity (Wildman–Crippen MR) is 98.4 cm³/mol. The van der Waals surface area contributed by atoms with E-state index in [0.29, 0.717) is 11.3 Å². The quantitative estimate of drug-likeness (QED) is 0.784. The molecule has 2 heterocycles. The van der Waals surface area contributed by atoms with E-state index in [0.717, 1.165) is 5.69 Å². The molecule has 5 heteroatoms. The molecular formula is C20H20N4O. The first kappa shape index (κ1) is 16.8. The summed E-state index contributed by atoms with van der Waals surface area (Å²) in [5.74, 6) is 0.0201. The van der Waals surface area contributed by atoms with Gasteiger partial charge in [-0.15, -0.1) is 0 Å². The molecule has 3 aromatic rings. The molecule has 1 N–H and O–H groups in total. The molecule has 5 nitrogen and oxygen atoms in total. The van der Waals surface area contributed by atoms with Gasteiger partial charge in [0.05, 0.1) is 11.4 Å². The molecule has 1 amide bonds. The Hall–Kier alpha value is -3.08. The van der Waals surface area contributed by atoms with Gasteiger partial charge in [-0.3, -0.25) is 15.1 Å². The van der Waals surface area contributed by atoms with Gasteiger partial charge in [-0.2, -0.15) is 0 Å². The summed E-state index contributed by atoms with van der Waals surface area (Å²) in [7, 11) is 0. The third-order valence-corrected chi connectivity index (χ3v) is 3.82. The zero-order chi connectivity index (χ0) is 17.9. The second-order valence-electron chi connectivity index (χ2n) is 6.76. The average molecular weight is 332 g/mol. The zero-order valence-electron chi connectivity index (χ0n) is 14.5. The summed E-state index contributed by atoms with van der Waals surface area (Å²) in [4.78, 5) is 25.1. The lowest BCUT2D eigenvalue weighted by Gasteiger charge is -2.19. The van der Waals surface area contributed by atoms with Crippen LogP contribution in [0.2, 0.25) is 0 Å². The van der Waals surface area contributed by atoms with Gasteiger partial charge >= 0.3 is 0 Å². The van der Waals surface area contributed by atoms with E-state index in [1.807, 2.05) is 42.5 Å². The number of benzene rings is 1. The maximum absolute atomic E-state index is 12.4. The molecule has 0 radical (unpaired) electrons. The van der Waals surface area contributed by atoms with Crippen LogP contribution in [-0.4, -0.2) is 20.9 Å². The summed E-state index contributed by atoms with van der Waals surface area (Å²) in [5, 5.41) is 2.74. The van der Waals surface area contributed by atoms with E-state index in [4.69, 9.17) is 0 Å². The molecule has 2 aromatic heterocycles. The third kappa shape index (κ3) is 4.07. The topological polar surface area (TPSA) is 67.8 Å². The van der Waals surface area contributed by atoms with Crippen molar-refractivity contribution in [2.24, 2.45) is 0 Å². The number of hydrogen-bond acceptors (Lipinski definition) is 4. The molecule has 0 bridgehead atoms. The zero-order valence-corrected chi connectivity index (χ0v) is 14.5. The van der Waals surface area contributed by atoms with Gasteiger partial charge in [-0.25, -0.2) is 9.97 Å². The highest BCUT2D eigenvalue weighted by molar-refractivity contribution is 6.03. The van der Waals surface area contributed by atoms with E-state index in [1.54, 1.807) is 18.5 Å². The van der Waals surface area contributed by atoms with Crippen LogP contribution in [0.5, 0.6) is 0 Å². The van der Waals surface area contributed by atoms with Gasteiger partial charge in [0.25, 0.3) is 5.91 Å². The molecule has 0 aliphatic rings. The summed E-state index contributed by atoms with van der Waals surface area (Å²) < 4.78 is 0. The van der Waals surface area contributed by atoms with Crippen LogP contribution in [-0.2, 0) is 5.41 Å². The fraction of sp³-hybridized carbons (Fsp3) is 0.200. The SMILES string of the molecule is CC(C)(C)c1ccc(C(=O)Nc2nccc(-c3ccccn3)n2)cc1. The number of nitrogens with one attached hydrogen (secondary N) is 1. The normalized spacial score (nSPS) is 11.2. The number of rotatable bonds is 3. The van der Waals surface area contributed by atoms with Crippen LogP contribution >= 0.6 is 0 Å². The van der Waals surface area contributed by atoms with Gasteiger partial charge in [0.15, 0.2) is 0 Å². The van der Waals surface area contributed by atoms with Crippen LogP contribution in [0.4, 0.5) is 5.95 Å². The van der Waals surface area contributed by atoms with Crippen molar-refractivity contribution in [1.82, 2.24) is 15.0 Å². The predicted octanol–water partition coefficient (Wildman–Crippen LogP) is 4.09. The van der Waals surface area contributed by atoms with Crippen LogP contribution in [0.3, 0.4) is 0 Å². The van der Waals surface area contributed by atoms with Crippen LogP contribution in [0, 0.1) is 0 Å². The Morgan fingerprint density at radius 2 is 1.64 bits per heavy atom. The van der Waals surface area contributed by atoms with Gasteiger partial charge < -0.3 is 0 Å². The average Bonchev–Trinajstić information content (AvgIpc) is 2.62. The first-order chi connectivity index (χ1) is 11.9. The van der Waals surface area contributed by atoms with E-state index < -0.39 is 0 Å². The minimum Gasteiger partial charge on any atom is -0.290 e. The molecule has 0 fully saturated rings. The van der Waals surface area contributed by atoms with Crippen LogP contribution in [0.1, 0.15) is 36.7 Å². The Kier molecular flexibility index (Phi) is 4.57. The van der Waals surface area contributed by atoms with E-state index in [-0.39, 0.29) is 17.3 Å².